The van der Waals surface area contributed by atoms with Gasteiger partial charge in [-0.15, -0.1) is 0 Å². The van der Waals surface area contributed by atoms with Gasteiger partial charge in [0.25, 0.3) is 0 Å². The maximum Gasteiger partial charge on any atom is 0.317 e. The Balaban J connectivity index is 4.03. The molecule has 104 valence electrons. The maximum absolute atomic E-state index is 11.7. The number of carbonyl (C=O) groups is 3. The number of aliphatic carboxylic acids is 1. The van der Waals surface area contributed by atoms with E-state index >= 15 is 0 Å². The molecule has 0 radical (unpaired) electrons. The highest BCUT2D eigenvalue weighted by molar-refractivity contribution is 5.76. The summed E-state index contributed by atoms with van der Waals surface area (Å²) in [5, 5.41) is 11.4. The first-order chi connectivity index (χ1) is 8.38. The molecule has 7 nitrogen and oxygen atoms in total. The lowest BCUT2D eigenvalue weighted by Gasteiger charge is -2.23. The number of carbonyl (C=O) groups excluding carboxylic acids is 2. The third kappa shape index (κ3) is 6.72. The molecule has 0 saturated carbocycles. The number of primary amides is 1. The van der Waals surface area contributed by atoms with Crippen molar-refractivity contribution in [1.29, 1.82) is 0 Å². The van der Waals surface area contributed by atoms with Gasteiger partial charge in [-0.05, 0) is 13.3 Å². The molecule has 0 aromatic carbocycles. The largest absolute Gasteiger partial charge is 0.481 e. The molecule has 3 amide bonds. The third-order valence-electron chi connectivity index (χ3n) is 2.46. The number of carboxylic acid groups (broad SMARTS) is 1. The molecule has 0 aliphatic heterocycles. The maximum atomic E-state index is 11.7. The highest BCUT2D eigenvalue weighted by Crippen LogP contribution is 2.00. The van der Waals surface area contributed by atoms with Gasteiger partial charge in [-0.3, -0.25) is 9.59 Å². The predicted octanol–water partition coefficient (Wildman–Crippen LogP) is 0.00410. The molecule has 4 N–H and O–H groups in total. The Hall–Kier alpha value is -1.79. The number of hydrogen-bond acceptors (Lipinski definition) is 3. The Bertz CT molecular complexity index is 307. The van der Waals surface area contributed by atoms with Crippen LogP contribution in [0.25, 0.3) is 0 Å². The van der Waals surface area contributed by atoms with E-state index in [-0.39, 0.29) is 19.0 Å². The van der Waals surface area contributed by atoms with E-state index in [2.05, 4.69) is 5.32 Å². The molecule has 7 heteroatoms. The molecule has 0 bridgehead atoms. The van der Waals surface area contributed by atoms with E-state index < -0.39 is 17.8 Å². The van der Waals surface area contributed by atoms with Gasteiger partial charge in [0, 0.05) is 26.1 Å². The van der Waals surface area contributed by atoms with Crippen LogP contribution in [0.15, 0.2) is 0 Å². The molecule has 0 aromatic rings. The summed E-state index contributed by atoms with van der Waals surface area (Å²) in [6.07, 6.45) is 0.699. The standard InChI is InChI=1S/C11H21N3O4/c1-3-14(7-8(2)10(16)17)11(18)13-6-4-5-9(12)15/h8H,3-7H2,1-2H3,(H2,12,15)(H,13,18)(H,16,17). The lowest BCUT2D eigenvalue weighted by Crippen LogP contribution is -2.43. The van der Waals surface area contributed by atoms with Crippen LogP contribution in [0.2, 0.25) is 0 Å². The average Bonchev–Trinajstić information content (AvgIpc) is 2.30. The van der Waals surface area contributed by atoms with Crippen molar-refractivity contribution in [3.8, 4) is 0 Å². The van der Waals surface area contributed by atoms with Crippen LogP contribution in [0.1, 0.15) is 26.7 Å². The molecular weight excluding hydrogens is 238 g/mol. The summed E-state index contributed by atoms with van der Waals surface area (Å²) in [4.78, 5) is 34.3. The monoisotopic (exact) mass is 259 g/mol. The fourth-order valence-corrected chi connectivity index (χ4v) is 1.33. The first-order valence-electron chi connectivity index (χ1n) is 5.92. The minimum Gasteiger partial charge on any atom is -0.481 e. The number of hydrogen-bond donors (Lipinski definition) is 3. The van der Waals surface area contributed by atoms with E-state index in [9.17, 15) is 14.4 Å². The van der Waals surface area contributed by atoms with E-state index in [1.165, 1.54) is 4.90 Å². The van der Waals surface area contributed by atoms with Gasteiger partial charge < -0.3 is 21.1 Å². The molecule has 0 rings (SSSR count). The van der Waals surface area contributed by atoms with Gasteiger partial charge in [-0.25, -0.2) is 4.79 Å². The summed E-state index contributed by atoms with van der Waals surface area (Å²) in [6.45, 7) is 4.26. The minimum absolute atomic E-state index is 0.160. The molecule has 18 heavy (non-hydrogen) atoms. The van der Waals surface area contributed by atoms with Crippen molar-refractivity contribution in [3.63, 3.8) is 0 Å². The molecule has 0 aliphatic rings. The van der Waals surface area contributed by atoms with Crippen LogP contribution >= 0.6 is 0 Å². The van der Waals surface area contributed by atoms with E-state index in [1.54, 1.807) is 13.8 Å². The third-order valence-corrected chi connectivity index (χ3v) is 2.46. The van der Waals surface area contributed by atoms with E-state index in [1.807, 2.05) is 0 Å². The number of urea groups is 1. The van der Waals surface area contributed by atoms with Gasteiger partial charge in [0.05, 0.1) is 5.92 Å². The van der Waals surface area contributed by atoms with E-state index in [0.29, 0.717) is 19.5 Å². The van der Waals surface area contributed by atoms with Crippen LogP contribution in [0.4, 0.5) is 4.79 Å². The summed E-state index contributed by atoms with van der Waals surface area (Å²) >= 11 is 0. The van der Waals surface area contributed by atoms with Gasteiger partial charge in [0.15, 0.2) is 0 Å². The van der Waals surface area contributed by atoms with Gasteiger partial charge in [0.2, 0.25) is 5.91 Å². The van der Waals surface area contributed by atoms with Gasteiger partial charge in [-0.1, -0.05) is 6.92 Å². The second kappa shape index (κ2) is 8.32. The summed E-state index contributed by atoms with van der Waals surface area (Å²) in [5.74, 6) is -1.95. The SMILES string of the molecule is CCN(CC(C)C(=O)O)C(=O)NCCCC(N)=O. The Morgan fingerprint density at radius 2 is 2.00 bits per heavy atom. The lowest BCUT2D eigenvalue weighted by molar-refractivity contribution is -0.141. The number of rotatable bonds is 8. The van der Waals surface area contributed by atoms with Gasteiger partial charge in [0.1, 0.15) is 0 Å². The Morgan fingerprint density at radius 1 is 1.39 bits per heavy atom. The van der Waals surface area contributed by atoms with Crippen LogP contribution in [0, 0.1) is 5.92 Å². The lowest BCUT2D eigenvalue weighted by atomic mass is 10.2. The van der Waals surface area contributed by atoms with Crippen molar-refractivity contribution < 1.29 is 19.5 Å². The predicted molar refractivity (Wildman–Crippen MR) is 65.9 cm³/mol. The van der Waals surface area contributed by atoms with Crippen LogP contribution in [-0.2, 0) is 9.59 Å². The van der Waals surface area contributed by atoms with E-state index in [0.717, 1.165) is 0 Å². The topological polar surface area (TPSA) is 113 Å². The molecule has 0 aliphatic carbocycles. The zero-order chi connectivity index (χ0) is 14.1. The molecule has 0 heterocycles. The summed E-state index contributed by atoms with van der Waals surface area (Å²) in [7, 11) is 0. The van der Waals surface area contributed by atoms with Gasteiger partial charge >= 0.3 is 12.0 Å². The number of amides is 3. The van der Waals surface area contributed by atoms with Crippen molar-refractivity contribution in [3.05, 3.63) is 0 Å². The second-order valence-electron chi connectivity index (χ2n) is 4.08. The molecule has 0 saturated heterocycles. The average molecular weight is 259 g/mol. The first kappa shape index (κ1) is 16.2. The molecular formula is C11H21N3O4. The molecule has 0 aromatic heterocycles. The summed E-state index contributed by atoms with van der Waals surface area (Å²) in [6, 6.07) is -0.324. The van der Waals surface area contributed by atoms with Crippen molar-refractivity contribution in [1.82, 2.24) is 10.2 Å². The fraction of sp³-hybridized carbons (Fsp3) is 0.727. The van der Waals surface area contributed by atoms with Crippen molar-refractivity contribution in [2.24, 2.45) is 11.7 Å². The quantitative estimate of drug-likeness (QED) is 0.532. The number of nitrogens with zero attached hydrogens (tertiary/aromatic N) is 1. The van der Waals surface area contributed by atoms with Gasteiger partial charge in [-0.2, -0.15) is 0 Å². The fourth-order valence-electron chi connectivity index (χ4n) is 1.33. The molecule has 1 atom stereocenters. The Labute approximate surface area is 106 Å². The van der Waals surface area contributed by atoms with E-state index in [4.69, 9.17) is 10.8 Å². The minimum atomic E-state index is -0.935. The Kier molecular flexibility index (Phi) is 7.50. The van der Waals surface area contributed by atoms with Crippen LogP contribution in [-0.4, -0.2) is 47.5 Å². The summed E-state index contributed by atoms with van der Waals surface area (Å²) < 4.78 is 0. The molecule has 0 fully saturated rings. The highest BCUT2D eigenvalue weighted by Gasteiger charge is 2.18. The zero-order valence-electron chi connectivity index (χ0n) is 10.8. The van der Waals surface area contributed by atoms with Crippen LogP contribution in [0.3, 0.4) is 0 Å². The normalized spacial score (nSPS) is 11.7. The van der Waals surface area contributed by atoms with Crippen LogP contribution in [0.5, 0.6) is 0 Å². The summed E-state index contributed by atoms with van der Waals surface area (Å²) in [5.41, 5.74) is 4.97. The Morgan fingerprint density at radius 3 is 2.44 bits per heavy atom. The first-order valence-corrected chi connectivity index (χ1v) is 5.92. The smallest absolute Gasteiger partial charge is 0.317 e. The zero-order valence-corrected chi connectivity index (χ0v) is 10.8. The highest BCUT2D eigenvalue weighted by atomic mass is 16.4. The number of carboxylic acids is 1. The molecule has 1 unspecified atom stereocenters. The van der Waals surface area contributed by atoms with Crippen LogP contribution < -0.4 is 11.1 Å². The number of nitrogens with two attached hydrogens (primary N) is 1. The molecule has 0 spiro atoms. The second-order valence-corrected chi connectivity index (χ2v) is 4.08. The van der Waals surface area contributed by atoms with Crippen molar-refractivity contribution in [2.45, 2.75) is 26.7 Å². The van der Waals surface area contributed by atoms with Crippen molar-refractivity contribution >= 4 is 17.9 Å². The van der Waals surface area contributed by atoms with Crippen molar-refractivity contribution in [2.75, 3.05) is 19.6 Å². The number of nitrogens with one attached hydrogen (secondary N) is 1.